The van der Waals surface area contributed by atoms with Crippen molar-refractivity contribution in [3.8, 4) is 11.1 Å². The third kappa shape index (κ3) is 8.90. The summed E-state index contributed by atoms with van der Waals surface area (Å²) in [6, 6.07) is 13.2. The molecule has 1 saturated carbocycles. The number of carbonyl (C=O) groups excluding carboxylic acids is 2. The van der Waals surface area contributed by atoms with Gasteiger partial charge in [0.25, 0.3) is 5.91 Å². The number of hydrogen-bond acceptors (Lipinski definition) is 7. The van der Waals surface area contributed by atoms with Gasteiger partial charge in [0.2, 0.25) is 0 Å². The number of esters is 1. The van der Waals surface area contributed by atoms with Crippen molar-refractivity contribution in [3.05, 3.63) is 75.7 Å². The number of benzene rings is 2. The average Bonchev–Trinajstić information content (AvgIpc) is 3.54. The van der Waals surface area contributed by atoms with Crippen molar-refractivity contribution in [1.82, 2.24) is 10.3 Å². The van der Waals surface area contributed by atoms with E-state index < -0.39 is 12.0 Å². The molecule has 2 aromatic carbocycles. The Hall–Kier alpha value is -2.68. The normalized spacial score (nSPS) is 15.3. The van der Waals surface area contributed by atoms with Gasteiger partial charge in [-0.15, -0.1) is 11.3 Å². The highest BCUT2D eigenvalue weighted by Gasteiger charge is 2.24. The minimum Gasteiger partial charge on any atom is -0.467 e. The van der Waals surface area contributed by atoms with Gasteiger partial charge in [-0.3, -0.25) is 9.78 Å². The van der Waals surface area contributed by atoms with Crippen molar-refractivity contribution in [1.29, 1.82) is 0 Å². The lowest BCUT2D eigenvalue weighted by molar-refractivity contribution is -0.142. The summed E-state index contributed by atoms with van der Waals surface area (Å²) in [5, 5.41) is 2.92. The van der Waals surface area contributed by atoms with Gasteiger partial charge in [0.15, 0.2) is 0 Å². The zero-order valence-electron chi connectivity index (χ0n) is 24.4. The fourth-order valence-electron chi connectivity index (χ4n) is 5.59. The maximum absolute atomic E-state index is 13.5. The van der Waals surface area contributed by atoms with Gasteiger partial charge in [0.1, 0.15) is 6.04 Å². The molecule has 2 atom stereocenters. The predicted octanol–water partition coefficient (Wildman–Crippen LogP) is 7.76. The highest BCUT2D eigenvalue weighted by atomic mass is 32.2. The van der Waals surface area contributed by atoms with Crippen LogP contribution in [0.4, 0.5) is 0 Å². The molecule has 41 heavy (non-hydrogen) atoms. The van der Waals surface area contributed by atoms with E-state index in [2.05, 4.69) is 16.4 Å². The number of thiazole rings is 1. The number of carbonyl (C=O) groups is 2. The first kappa shape index (κ1) is 31.3. The van der Waals surface area contributed by atoms with E-state index in [-0.39, 0.29) is 12.0 Å². The molecule has 3 aromatic rings. The molecule has 0 saturated heterocycles. The standard InChI is InChI=1S/C33H42N2O4S2/c1-23-9-7-8-12-26(23)28-19-25(13-15-27(28)32(36)35-29(17-18-40-3)33(37)38-2)21-39-30(31-20-34-22-41-31)16-14-24-10-5-4-6-11-24/h7-9,12-13,15,19-20,22,24,29-30H,4-6,10-11,14,16-18,21H2,1-3H3,(H,35,36)/t29-,30?/m0/s1. The molecule has 1 aromatic heterocycles. The van der Waals surface area contributed by atoms with Crippen molar-refractivity contribution in [2.75, 3.05) is 19.1 Å². The van der Waals surface area contributed by atoms with Crippen LogP contribution < -0.4 is 5.32 Å². The fourth-order valence-corrected chi connectivity index (χ4v) is 6.77. The number of aromatic nitrogens is 1. The Labute approximate surface area is 252 Å². The summed E-state index contributed by atoms with van der Waals surface area (Å²) in [4.78, 5) is 31.4. The van der Waals surface area contributed by atoms with Crippen molar-refractivity contribution >= 4 is 35.0 Å². The summed E-state index contributed by atoms with van der Waals surface area (Å²) in [6.07, 6.45) is 13.3. The summed E-state index contributed by atoms with van der Waals surface area (Å²) >= 11 is 3.27. The van der Waals surface area contributed by atoms with Crippen molar-refractivity contribution in [2.24, 2.45) is 5.92 Å². The second-order valence-corrected chi connectivity index (χ2v) is 12.7. The number of hydrogen-bond donors (Lipinski definition) is 1. The first-order valence-corrected chi connectivity index (χ1v) is 16.8. The van der Waals surface area contributed by atoms with Crippen LogP contribution in [0.1, 0.15) is 83.8 Å². The minimum atomic E-state index is -0.697. The van der Waals surface area contributed by atoms with Crippen LogP contribution in [0.3, 0.4) is 0 Å². The summed E-state index contributed by atoms with van der Waals surface area (Å²) in [5.41, 5.74) is 6.27. The number of methoxy groups -OCH3 is 1. The monoisotopic (exact) mass is 594 g/mol. The highest BCUT2D eigenvalue weighted by molar-refractivity contribution is 7.98. The molecule has 1 N–H and O–H groups in total. The van der Waals surface area contributed by atoms with Gasteiger partial charge >= 0.3 is 5.97 Å². The number of nitrogens with one attached hydrogen (secondary N) is 1. The van der Waals surface area contributed by atoms with Gasteiger partial charge in [-0.1, -0.05) is 62.4 Å². The molecule has 8 heteroatoms. The average molecular weight is 595 g/mol. The Kier molecular flexibility index (Phi) is 12.3. The molecule has 1 aliphatic rings. The van der Waals surface area contributed by atoms with Gasteiger partial charge in [0, 0.05) is 11.8 Å². The van der Waals surface area contributed by atoms with E-state index in [0.29, 0.717) is 18.6 Å². The van der Waals surface area contributed by atoms with Gasteiger partial charge in [-0.2, -0.15) is 11.8 Å². The smallest absolute Gasteiger partial charge is 0.328 e. The SMILES string of the molecule is COC(=O)[C@H](CCSC)NC(=O)c1ccc(COC(CCC2CCCCC2)c2cncs2)cc1-c1ccccc1C. The summed E-state index contributed by atoms with van der Waals surface area (Å²) in [6.45, 7) is 2.48. The van der Waals surface area contributed by atoms with Crippen LogP contribution in [0.15, 0.2) is 54.2 Å². The maximum Gasteiger partial charge on any atom is 0.328 e. The molecule has 0 bridgehead atoms. The number of amides is 1. The van der Waals surface area contributed by atoms with Crippen LogP contribution >= 0.6 is 23.1 Å². The molecule has 1 unspecified atom stereocenters. The van der Waals surface area contributed by atoms with E-state index in [0.717, 1.165) is 45.2 Å². The molecular weight excluding hydrogens is 553 g/mol. The molecular formula is C33H42N2O4S2. The van der Waals surface area contributed by atoms with Gasteiger partial charge < -0.3 is 14.8 Å². The maximum atomic E-state index is 13.5. The molecule has 4 rings (SSSR count). The third-order valence-corrected chi connectivity index (χ3v) is 9.46. The molecule has 1 fully saturated rings. The van der Waals surface area contributed by atoms with Crippen LogP contribution in [0.5, 0.6) is 0 Å². The van der Waals surface area contributed by atoms with Crippen molar-refractivity contribution in [2.45, 2.75) is 77.0 Å². The van der Waals surface area contributed by atoms with Gasteiger partial charge in [-0.05, 0) is 78.5 Å². The summed E-state index contributed by atoms with van der Waals surface area (Å²) < 4.78 is 11.5. The van der Waals surface area contributed by atoms with Gasteiger partial charge in [-0.25, -0.2) is 4.79 Å². The molecule has 6 nitrogen and oxygen atoms in total. The lowest BCUT2D eigenvalue weighted by Gasteiger charge is -2.24. The lowest BCUT2D eigenvalue weighted by atomic mass is 9.85. The number of ether oxygens (including phenoxy) is 2. The number of aryl methyl sites for hydroxylation is 1. The van der Waals surface area contributed by atoms with Gasteiger partial charge in [0.05, 0.1) is 30.2 Å². The van der Waals surface area contributed by atoms with Crippen LogP contribution in [0.2, 0.25) is 0 Å². The number of rotatable bonds is 14. The molecule has 1 heterocycles. The second-order valence-electron chi connectivity index (χ2n) is 10.8. The van der Waals surface area contributed by atoms with E-state index >= 15 is 0 Å². The Balaban J connectivity index is 1.55. The van der Waals surface area contributed by atoms with E-state index in [1.807, 2.05) is 61.3 Å². The van der Waals surface area contributed by atoms with E-state index in [1.54, 1.807) is 23.1 Å². The summed E-state index contributed by atoms with van der Waals surface area (Å²) in [7, 11) is 1.35. The quantitative estimate of drug-likeness (QED) is 0.192. The molecule has 220 valence electrons. The number of nitrogens with zero attached hydrogens (tertiary/aromatic N) is 1. The molecule has 0 aliphatic heterocycles. The Bertz CT molecular complexity index is 1260. The van der Waals surface area contributed by atoms with Crippen LogP contribution in [0, 0.1) is 12.8 Å². The Morgan fingerprint density at radius 1 is 1.10 bits per heavy atom. The predicted molar refractivity (Wildman–Crippen MR) is 168 cm³/mol. The van der Waals surface area contributed by atoms with Crippen LogP contribution in [0.25, 0.3) is 11.1 Å². The Morgan fingerprint density at radius 2 is 1.90 bits per heavy atom. The third-order valence-electron chi connectivity index (χ3n) is 7.95. The molecule has 0 spiro atoms. The van der Waals surface area contributed by atoms with Crippen molar-refractivity contribution in [3.63, 3.8) is 0 Å². The zero-order chi connectivity index (χ0) is 29.0. The van der Waals surface area contributed by atoms with E-state index in [4.69, 9.17) is 9.47 Å². The topological polar surface area (TPSA) is 77.5 Å². The first-order chi connectivity index (χ1) is 20.0. The van der Waals surface area contributed by atoms with Crippen LogP contribution in [-0.2, 0) is 20.9 Å². The zero-order valence-corrected chi connectivity index (χ0v) is 26.0. The number of thioether (sulfide) groups is 1. The minimum absolute atomic E-state index is 0.00608. The molecule has 1 aliphatic carbocycles. The van der Waals surface area contributed by atoms with Crippen LogP contribution in [-0.4, -0.2) is 42.0 Å². The first-order valence-electron chi connectivity index (χ1n) is 14.6. The Morgan fingerprint density at radius 3 is 2.61 bits per heavy atom. The lowest BCUT2D eigenvalue weighted by Crippen LogP contribution is -2.42. The van der Waals surface area contributed by atoms with Crippen molar-refractivity contribution < 1.29 is 19.1 Å². The fraction of sp³-hybridized carbons (Fsp3) is 0.485. The largest absolute Gasteiger partial charge is 0.467 e. The van der Waals surface area contributed by atoms with E-state index in [9.17, 15) is 9.59 Å². The second kappa shape index (κ2) is 16.1. The summed E-state index contributed by atoms with van der Waals surface area (Å²) in [5.74, 6) is 0.806. The highest BCUT2D eigenvalue weighted by Crippen LogP contribution is 2.34. The molecule has 0 radical (unpaired) electrons. The molecule has 1 amide bonds. The van der Waals surface area contributed by atoms with E-state index in [1.165, 1.54) is 45.6 Å².